The molecule has 0 bridgehead atoms. The highest BCUT2D eigenvalue weighted by atomic mass is 16.1. The van der Waals surface area contributed by atoms with Gasteiger partial charge < -0.3 is 10.2 Å². The van der Waals surface area contributed by atoms with Crippen molar-refractivity contribution in [3.63, 3.8) is 0 Å². The first kappa shape index (κ1) is 16.4. The third-order valence-corrected chi connectivity index (χ3v) is 4.24. The molecule has 0 unspecified atom stereocenters. The Labute approximate surface area is 134 Å². The molecule has 1 saturated carbocycles. The molecule has 3 heteroatoms. The fourth-order valence-corrected chi connectivity index (χ4v) is 2.97. The summed E-state index contributed by atoms with van der Waals surface area (Å²) in [7, 11) is 4.01. The van der Waals surface area contributed by atoms with Gasteiger partial charge in [-0.2, -0.15) is 0 Å². The molecule has 1 fully saturated rings. The van der Waals surface area contributed by atoms with Crippen molar-refractivity contribution >= 4 is 11.6 Å². The normalized spacial score (nSPS) is 14.3. The van der Waals surface area contributed by atoms with E-state index in [9.17, 15) is 4.79 Å². The number of rotatable bonds is 5. The summed E-state index contributed by atoms with van der Waals surface area (Å²) in [5, 5.41) is 2.90. The van der Waals surface area contributed by atoms with Gasteiger partial charge in [0.25, 0.3) is 0 Å². The summed E-state index contributed by atoms with van der Waals surface area (Å²) in [5.41, 5.74) is 2.09. The summed E-state index contributed by atoms with van der Waals surface area (Å²) in [6, 6.07) is 8.04. The Hall–Kier alpha value is -1.95. The van der Waals surface area contributed by atoms with Crippen LogP contribution in [-0.2, 0) is 4.79 Å². The van der Waals surface area contributed by atoms with Crippen LogP contribution in [0, 0.1) is 17.8 Å². The fourth-order valence-electron chi connectivity index (χ4n) is 2.97. The zero-order valence-electron chi connectivity index (χ0n) is 13.7. The minimum atomic E-state index is 0.127. The topological polar surface area (TPSA) is 32.3 Å². The zero-order chi connectivity index (χ0) is 15.8. The van der Waals surface area contributed by atoms with E-state index in [-0.39, 0.29) is 5.91 Å². The van der Waals surface area contributed by atoms with E-state index < -0.39 is 0 Å². The number of anilines is 1. The van der Waals surface area contributed by atoms with Crippen LogP contribution >= 0.6 is 0 Å². The summed E-state index contributed by atoms with van der Waals surface area (Å²) in [4.78, 5) is 13.8. The number of para-hydroxylation sites is 1. The molecule has 2 rings (SSSR count). The van der Waals surface area contributed by atoms with Gasteiger partial charge in [0, 0.05) is 26.1 Å². The first-order valence-electron chi connectivity index (χ1n) is 8.18. The zero-order valence-corrected chi connectivity index (χ0v) is 13.7. The van der Waals surface area contributed by atoms with Crippen LogP contribution in [0.1, 0.15) is 44.1 Å². The molecule has 0 aromatic heterocycles. The predicted octanol–water partition coefficient (Wildman–Crippen LogP) is 3.19. The molecule has 0 aliphatic heterocycles. The molecule has 1 aliphatic carbocycles. The molecule has 0 atom stereocenters. The molecule has 0 saturated heterocycles. The van der Waals surface area contributed by atoms with Gasteiger partial charge >= 0.3 is 0 Å². The van der Waals surface area contributed by atoms with Crippen molar-refractivity contribution in [1.29, 1.82) is 0 Å². The highest BCUT2D eigenvalue weighted by Gasteiger charge is 2.15. The van der Waals surface area contributed by atoms with Gasteiger partial charge in [-0.3, -0.25) is 4.79 Å². The Morgan fingerprint density at radius 2 is 2.00 bits per heavy atom. The molecular weight excluding hydrogens is 272 g/mol. The number of carbonyl (C=O) groups excluding carboxylic acids is 1. The molecule has 1 N–H and O–H groups in total. The predicted molar refractivity (Wildman–Crippen MR) is 91.8 cm³/mol. The van der Waals surface area contributed by atoms with Gasteiger partial charge in [0.1, 0.15) is 0 Å². The number of carbonyl (C=O) groups is 1. The van der Waals surface area contributed by atoms with E-state index in [1.807, 2.05) is 43.3 Å². The van der Waals surface area contributed by atoms with Crippen LogP contribution in [0.3, 0.4) is 0 Å². The number of nitrogens with zero attached hydrogens (tertiary/aromatic N) is 1. The third kappa shape index (κ3) is 5.11. The largest absolute Gasteiger partial charge is 0.377 e. The number of benzene rings is 1. The highest BCUT2D eigenvalue weighted by Crippen LogP contribution is 2.28. The maximum absolute atomic E-state index is 11.8. The number of hydrogen-bond donors (Lipinski definition) is 1. The summed E-state index contributed by atoms with van der Waals surface area (Å²) < 4.78 is 0. The monoisotopic (exact) mass is 298 g/mol. The lowest BCUT2D eigenvalue weighted by Gasteiger charge is -2.13. The second-order valence-electron chi connectivity index (χ2n) is 6.18. The Bertz CT molecular complexity index is 548. The average Bonchev–Trinajstić information content (AvgIpc) is 3.03. The van der Waals surface area contributed by atoms with Crippen LogP contribution in [0.15, 0.2) is 24.3 Å². The van der Waals surface area contributed by atoms with Crippen molar-refractivity contribution in [3.05, 3.63) is 29.8 Å². The number of nitrogens with one attached hydrogen (secondary N) is 1. The number of hydrogen-bond acceptors (Lipinski definition) is 2. The SMILES string of the molecule is CN(C)c1ccccc1C#CCNC(=O)CCC1CCCC1. The van der Waals surface area contributed by atoms with E-state index in [0.717, 1.165) is 23.6 Å². The van der Waals surface area contributed by atoms with Crippen LogP contribution < -0.4 is 10.2 Å². The van der Waals surface area contributed by atoms with Gasteiger partial charge in [0.15, 0.2) is 0 Å². The van der Waals surface area contributed by atoms with Crippen LogP contribution in [0.2, 0.25) is 0 Å². The Kier molecular flexibility index (Phi) is 6.33. The molecule has 1 aliphatic rings. The van der Waals surface area contributed by atoms with Gasteiger partial charge in [-0.05, 0) is 24.5 Å². The van der Waals surface area contributed by atoms with Crippen molar-refractivity contribution in [3.8, 4) is 11.8 Å². The van der Waals surface area contributed by atoms with Gasteiger partial charge in [0.2, 0.25) is 5.91 Å². The molecule has 118 valence electrons. The van der Waals surface area contributed by atoms with Gasteiger partial charge in [-0.1, -0.05) is 49.7 Å². The molecule has 22 heavy (non-hydrogen) atoms. The third-order valence-electron chi connectivity index (χ3n) is 4.24. The molecule has 1 amide bonds. The maximum atomic E-state index is 11.8. The van der Waals surface area contributed by atoms with Crippen molar-refractivity contribution in [2.75, 3.05) is 25.5 Å². The molecule has 0 spiro atoms. The van der Waals surface area contributed by atoms with Crippen LogP contribution in [0.25, 0.3) is 0 Å². The second-order valence-corrected chi connectivity index (χ2v) is 6.18. The number of amides is 1. The minimum absolute atomic E-state index is 0.127. The highest BCUT2D eigenvalue weighted by molar-refractivity contribution is 5.76. The first-order chi connectivity index (χ1) is 10.7. The van der Waals surface area contributed by atoms with E-state index in [1.54, 1.807) is 0 Å². The minimum Gasteiger partial charge on any atom is -0.377 e. The van der Waals surface area contributed by atoms with E-state index >= 15 is 0 Å². The van der Waals surface area contributed by atoms with E-state index in [2.05, 4.69) is 17.2 Å². The van der Waals surface area contributed by atoms with E-state index in [4.69, 9.17) is 0 Å². The van der Waals surface area contributed by atoms with E-state index in [0.29, 0.717) is 13.0 Å². The standard InChI is InChI=1S/C19H26N2O/c1-21(2)18-12-6-5-10-17(18)11-7-15-20-19(22)14-13-16-8-3-4-9-16/h5-6,10,12,16H,3-4,8-9,13-15H2,1-2H3,(H,20,22). The summed E-state index contributed by atoms with van der Waals surface area (Å²) in [6.07, 6.45) is 6.94. The lowest BCUT2D eigenvalue weighted by Crippen LogP contribution is -2.23. The van der Waals surface area contributed by atoms with Crippen molar-refractivity contribution in [1.82, 2.24) is 5.32 Å². The fraction of sp³-hybridized carbons (Fsp3) is 0.526. The van der Waals surface area contributed by atoms with Gasteiger partial charge in [-0.15, -0.1) is 0 Å². The lowest BCUT2D eigenvalue weighted by atomic mass is 10.0. The second kappa shape index (κ2) is 8.48. The van der Waals surface area contributed by atoms with Crippen molar-refractivity contribution < 1.29 is 4.79 Å². The van der Waals surface area contributed by atoms with Crippen molar-refractivity contribution in [2.45, 2.75) is 38.5 Å². The van der Waals surface area contributed by atoms with Crippen LogP contribution in [0.5, 0.6) is 0 Å². The smallest absolute Gasteiger partial charge is 0.220 e. The molecule has 0 heterocycles. The maximum Gasteiger partial charge on any atom is 0.220 e. The lowest BCUT2D eigenvalue weighted by molar-refractivity contribution is -0.121. The van der Waals surface area contributed by atoms with Crippen molar-refractivity contribution in [2.24, 2.45) is 5.92 Å². The summed E-state index contributed by atoms with van der Waals surface area (Å²) >= 11 is 0. The first-order valence-corrected chi connectivity index (χ1v) is 8.18. The molecule has 3 nitrogen and oxygen atoms in total. The van der Waals surface area contributed by atoms with E-state index in [1.165, 1.54) is 25.7 Å². The molecule has 1 aromatic rings. The molecule has 1 aromatic carbocycles. The summed E-state index contributed by atoms with van der Waals surface area (Å²) in [6.45, 7) is 0.422. The van der Waals surface area contributed by atoms with Crippen LogP contribution in [-0.4, -0.2) is 26.5 Å². The average molecular weight is 298 g/mol. The van der Waals surface area contributed by atoms with Gasteiger partial charge in [0.05, 0.1) is 12.2 Å². The van der Waals surface area contributed by atoms with Gasteiger partial charge in [-0.25, -0.2) is 0 Å². The van der Waals surface area contributed by atoms with Crippen LogP contribution in [0.4, 0.5) is 5.69 Å². The summed E-state index contributed by atoms with van der Waals surface area (Å²) in [5.74, 6) is 7.08. The Morgan fingerprint density at radius 1 is 1.27 bits per heavy atom. The Morgan fingerprint density at radius 3 is 2.73 bits per heavy atom. The quantitative estimate of drug-likeness (QED) is 0.847. The Balaban J connectivity index is 1.75. The molecular formula is C19H26N2O. The molecule has 0 radical (unpaired) electrons.